The number of benzene rings is 3. The summed E-state index contributed by atoms with van der Waals surface area (Å²) < 4.78 is 8.88. The van der Waals surface area contributed by atoms with Crippen molar-refractivity contribution in [2.45, 2.75) is 19.3 Å². The fourth-order valence-electron chi connectivity index (χ4n) is 6.80. The fourth-order valence-corrected chi connectivity index (χ4v) is 6.80. The maximum absolute atomic E-state index is 13.7. The molecule has 6 aromatic rings. The molecule has 8 rings (SSSR count). The van der Waals surface area contributed by atoms with Crippen LogP contribution in [0.15, 0.2) is 96.1 Å². The Morgan fingerprint density at radius 3 is 2.44 bits per heavy atom. The first kappa shape index (κ1) is 27.5. The zero-order chi connectivity index (χ0) is 30.5. The Morgan fingerprint density at radius 1 is 0.867 bits per heavy atom. The van der Waals surface area contributed by atoms with Crippen LogP contribution < -0.4 is 5.69 Å². The summed E-state index contributed by atoms with van der Waals surface area (Å²) >= 11 is 0. The number of para-hydroxylation sites is 1. The Labute approximate surface area is 260 Å². The van der Waals surface area contributed by atoms with E-state index >= 15 is 0 Å². The standard InChI is InChI=1S/C37H33N5O3/c1-40-34-23-39-33-11-8-27(29-20-28-4-2-3-5-32(28)38-22-29)21-31(33)35(34)42(37(40)44)30-9-6-24(7-10-30)25-12-16-41(17-13-25)36(43)26-14-18-45-19-15-26/h2-12,20-23,26H,13-19H2,1H3. The van der Waals surface area contributed by atoms with E-state index in [-0.39, 0.29) is 17.5 Å². The lowest BCUT2D eigenvalue weighted by Gasteiger charge is -2.31. The van der Waals surface area contributed by atoms with E-state index in [0.717, 1.165) is 81.0 Å². The number of fused-ring (bicyclic) bond motifs is 4. The van der Waals surface area contributed by atoms with Gasteiger partial charge in [0.25, 0.3) is 0 Å². The predicted molar refractivity (Wildman–Crippen MR) is 177 cm³/mol. The first-order valence-corrected chi connectivity index (χ1v) is 15.6. The van der Waals surface area contributed by atoms with Gasteiger partial charge in [-0.2, -0.15) is 0 Å². The molecule has 1 amide bonds. The number of carbonyl (C=O) groups is 1. The van der Waals surface area contributed by atoms with Gasteiger partial charge in [0.1, 0.15) is 0 Å². The topological polar surface area (TPSA) is 82.2 Å². The van der Waals surface area contributed by atoms with Crippen molar-refractivity contribution in [2.75, 3.05) is 26.3 Å². The lowest BCUT2D eigenvalue weighted by atomic mass is 9.95. The molecule has 0 radical (unpaired) electrons. The monoisotopic (exact) mass is 595 g/mol. The Kier molecular flexibility index (Phi) is 6.79. The maximum Gasteiger partial charge on any atom is 0.333 e. The van der Waals surface area contributed by atoms with Crippen LogP contribution in [0.2, 0.25) is 0 Å². The minimum atomic E-state index is -0.121. The zero-order valence-corrected chi connectivity index (χ0v) is 25.1. The molecule has 0 unspecified atom stereocenters. The van der Waals surface area contributed by atoms with Crippen molar-refractivity contribution in [1.29, 1.82) is 0 Å². The molecule has 3 aromatic heterocycles. The third kappa shape index (κ3) is 4.82. The van der Waals surface area contributed by atoms with Crippen LogP contribution in [0.4, 0.5) is 0 Å². The Morgan fingerprint density at radius 2 is 1.64 bits per heavy atom. The Bertz CT molecular complexity index is 2190. The summed E-state index contributed by atoms with van der Waals surface area (Å²) in [4.78, 5) is 38.0. The maximum atomic E-state index is 13.7. The lowest BCUT2D eigenvalue weighted by molar-refractivity contribution is -0.138. The molecule has 3 aromatic carbocycles. The minimum absolute atomic E-state index is 0.0820. The largest absolute Gasteiger partial charge is 0.381 e. The normalized spacial score (nSPS) is 16.0. The third-order valence-electron chi connectivity index (χ3n) is 9.39. The summed E-state index contributed by atoms with van der Waals surface area (Å²) in [6, 6.07) is 24.6. The van der Waals surface area contributed by atoms with Crippen LogP contribution in [0.3, 0.4) is 0 Å². The quantitative estimate of drug-likeness (QED) is 0.245. The van der Waals surface area contributed by atoms with E-state index in [1.54, 1.807) is 22.4 Å². The first-order chi connectivity index (χ1) is 22.0. The highest BCUT2D eigenvalue weighted by Crippen LogP contribution is 2.32. The van der Waals surface area contributed by atoms with Crippen molar-refractivity contribution < 1.29 is 9.53 Å². The van der Waals surface area contributed by atoms with E-state index in [2.05, 4.69) is 47.5 Å². The van der Waals surface area contributed by atoms with Gasteiger partial charge in [0.2, 0.25) is 5.91 Å². The number of hydrogen-bond acceptors (Lipinski definition) is 5. The molecule has 224 valence electrons. The predicted octanol–water partition coefficient (Wildman–Crippen LogP) is 6.13. The van der Waals surface area contributed by atoms with Crippen LogP contribution >= 0.6 is 0 Å². The third-order valence-corrected chi connectivity index (χ3v) is 9.39. The van der Waals surface area contributed by atoms with Crippen molar-refractivity contribution >= 4 is 44.3 Å². The van der Waals surface area contributed by atoms with Gasteiger partial charge in [-0.1, -0.05) is 42.5 Å². The zero-order valence-electron chi connectivity index (χ0n) is 25.1. The minimum Gasteiger partial charge on any atom is -0.381 e. The first-order valence-electron chi connectivity index (χ1n) is 15.6. The van der Waals surface area contributed by atoms with Crippen LogP contribution in [0.5, 0.6) is 0 Å². The molecule has 1 saturated heterocycles. The van der Waals surface area contributed by atoms with E-state index in [9.17, 15) is 9.59 Å². The average Bonchev–Trinajstić information content (AvgIpc) is 3.37. The van der Waals surface area contributed by atoms with Gasteiger partial charge in [-0.05, 0) is 72.4 Å². The van der Waals surface area contributed by atoms with Crippen molar-refractivity contribution in [1.82, 2.24) is 24.0 Å². The van der Waals surface area contributed by atoms with Crippen LogP contribution in [0, 0.1) is 5.92 Å². The summed E-state index contributed by atoms with van der Waals surface area (Å²) in [6.07, 6.45) is 8.28. The molecule has 0 aliphatic carbocycles. The van der Waals surface area contributed by atoms with Crippen LogP contribution in [-0.2, 0) is 16.6 Å². The van der Waals surface area contributed by atoms with E-state index in [4.69, 9.17) is 9.72 Å². The van der Waals surface area contributed by atoms with Crippen molar-refractivity contribution in [2.24, 2.45) is 13.0 Å². The van der Waals surface area contributed by atoms with Gasteiger partial charge in [-0.3, -0.25) is 23.9 Å². The summed E-state index contributed by atoms with van der Waals surface area (Å²) in [5, 5.41) is 1.99. The van der Waals surface area contributed by atoms with E-state index in [0.29, 0.717) is 19.8 Å². The number of rotatable bonds is 4. The Balaban J connectivity index is 1.14. The van der Waals surface area contributed by atoms with Crippen LogP contribution in [0.25, 0.3) is 55.2 Å². The number of aromatic nitrogens is 4. The molecule has 5 heterocycles. The summed E-state index contributed by atoms with van der Waals surface area (Å²) in [5.41, 5.74) is 8.42. The molecule has 45 heavy (non-hydrogen) atoms. The second kappa shape index (κ2) is 11.1. The molecule has 0 spiro atoms. The molecule has 8 nitrogen and oxygen atoms in total. The fraction of sp³-hybridized carbons (Fsp3) is 0.243. The molecule has 0 N–H and O–H groups in total. The van der Waals surface area contributed by atoms with E-state index in [1.165, 1.54) is 5.57 Å². The molecule has 0 saturated carbocycles. The van der Waals surface area contributed by atoms with Gasteiger partial charge in [-0.15, -0.1) is 0 Å². The number of pyridine rings is 2. The van der Waals surface area contributed by atoms with E-state index < -0.39 is 0 Å². The van der Waals surface area contributed by atoms with Gasteiger partial charge >= 0.3 is 5.69 Å². The molecule has 0 atom stereocenters. The second-order valence-corrected chi connectivity index (χ2v) is 12.0. The van der Waals surface area contributed by atoms with Crippen LogP contribution in [-0.4, -0.2) is 56.2 Å². The molecule has 0 bridgehead atoms. The molecular weight excluding hydrogens is 562 g/mol. The molecule has 1 fully saturated rings. The summed E-state index contributed by atoms with van der Waals surface area (Å²) in [7, 11) is 1.79. The highest BCUT2D eigenvalue weighted by molar-refractivity contribution is 6.05. The van der Waals surface area contributed by atoms with Gasteiger partial charge in [0.15, 0.2) is 0 Å². The molecule has 2 aliphatic heterocycles. The number of imidazole rings is 1. The van der Waals surface area contributed by atoms with Crippen molar-refractivity contribution in [3.05, 3.63) is 107 Å². The second-order valence-electron chi connectivity index (χ2n) is 12.0. The molecule has 2 aliphatic rings. The Hall–Kier alpha value is -5.08. The SMILES string of the molecule is Cn1c(=O)n(-c2ccc(C3=CCN(C(=O)C4CCOCC4)CC3)cc2)c2c3cc(-c4cnc5ccccc5c4)ccc3ncc21. The number of carbonyl (C=O) groups excluding carboxylic acids is 1. The van der Waals surface area contributed by atoms with Gasteiger partial charge in [0.05, 0.1) is 34.0 Å². The van der Waals surface area contributed by atoms with Crippen LogP contribution in [0.1, 0.15) is 24.8 Å². The van der Waals surface area contributed by atoms with Gasteiger partial charge < -0.3 is 9.64 Å². The lowest BCUT2D eigenvalue weighted by Crippen LogP contribution is -2.40. The van der Waals surface area contributed by atoms with E-state index in [1.807, 2.05) is 47.5 Å². The summed E-state index contributed by atoms with van der Waals surface area (Å²) in [5.74, 6) is 0.333. The van der Waals surface area contributed by atoms with Crippen molar-refractivity contribution in [3.63, 3.8) is 0 Å². The smallest absolute Gasteiger partial charge is 0.333 e. The number of aryl methyl sites for hydroxylation is 1. The van der Waals surface area contributed by atoms with Gasteiger partial charge in [0, 0.05) is 61.8 Å². The number of hydrogen-bond donors (Lipinski definition) is 0. The highest BCUT2D eigenvalue weighted by Gasteiger charge is 2.27. The average molecular weight is 596 g/mol. The number of nitrogens with zero attached hydrogens (tertiary/aromatic N) is 5. The van der Waals surface area contributed by atoms with Gasteiger partial charge in [-0.25, -0.2) is 4.79 Å². The number of ether oxygens (including phenoxy) is 1. The van der Waals surface area contributed by atoms with Crippen molar-refractivity contribution in [3.8, 4) is 16.8 Å². The highest BCUT2D eigenvalue weighted by atomic mass is 16.5. The molecule has 8 heteroatoms. The number of amides is 1. The summed E-state index contributed by atoms with van der Waals surface area (Å²) in [6.45, 7) is 2.70. The molecular formula is C37H33N5O3.